The Hall–Kier alpha value is -1.81. The lowest BCUT2D eigenvalue weighted by Gasteiger charge is -2.12. The SMILES string of the molecule is Cc1nn(C)c(C)c1CCCN=C(NCCc1ccco1)NCCc1cccs1.I. The number of guanidine groups is 1. The van der Waals surface area contributed by atoms with E-state index in [1.165, 1.54) is 16.1 Å². The molecule has 3 aromatic rings. The van der Waals surface area contributed by atoms with E-state index in [1.807, 2.05) is 23.9 Å². The third kappa shape index (κ3) is 7.46. The highest BCUT2D eigenvalue weighted by atomic mass is 127. The first kappa shape index (κ1) is 24.5. The average molecular weight is 542 g/mol. The summed E-state index contributed by atoms with van der Waals surface area (Å²) in [4.78, 5) is 6.17. The van der Waals surface area contributed by atoms with Gasteiger partial charge in [-0.1, -0.05) is 6.07 Å². The average Bonchev–Trinajstić information content (AvgIpc) is 3.44. The van der Waals surface area contributed by atoms with Crippen LogP contribution in [0.2, 0.25) is 0 Å². The molecule has 0 aliphatic carbocycles. The van der Waals surface area contributed by atoms with Crippen LogP contribution in [0.3, 0.4) is 0 Å². The highest BCUT2D eigenvalue weighted by Gasteiger charge is 2.08. The molecule has 0 saturated carbocycles. The molecular formula is C22H32IN5OS. The number of nitrogens with one attached hydrogen (secondary N) is 2. The molecule has 0 spiro atoms. The molecule has 164 valence electrons. The number of hydrogen-bond donors (Lipinski definition) is 2. The molecule has 2 N–H and O–H groups in total. The van der Waals surface area contributed by atoms with Crippen LogP contribution in [-0.4, -0.2) is 35.4 Å². The molecule has 3 rings (SSSR count). The molecule has 0 amide bonds. The van der Waals surface area contributed by atoms with Gasteiger partial charge >= 0.3 is 0 Å². The van der Waals surface area contributed by atoms with Crippen molar-refractivity contribution in [2.24, 2.45) is 12.0 Å². The van der Waals surface area contributed by atoms with E-state index < -0.39 is 0 Å². The number of aryl methyl sites for hydroxylation is 2. The summed E-state index contributed by atoms with van der Waals surface area (Å²) in [6.07, 6.45) is 5.57. The fourth-order valence-electron chi connectivity index (χ4n) is 3.32. The molecule has 0 radical (unpaired) electrons. The first-order chi connectivity index (χ1) is 14.1. The van der Waals surface area contributed by atoms with E-state index in [0.717, 1.165) is 62.7 Å². The Labute approximate surface area is 200 Å². The van der Waals surface area contributed by atoms with E-state index in [2.05, 4.69) is 47.1 Å². The molecule has 0 saturated heterocycles. The maximum atomic E-state index is 5.41. The van der Waals surface area contributed by atoms with E-state index in [4.69, 9.17) is 9.41 Å². The predicted octanol–water partition coefficient (Wildman–Crippen LogP) is 4.26. The van der Waals surface area contributed by atoms with Crippen LogP contribution in [0.25, 0.3) is 0 Å². The van der Waals surface area contributed by atoms with Gasteiger partial charge in [0.25, 0.3) is 0 Å². The van der Waals surface area contributed by atoms with Gasteiger partial charge < -0.3 is 15.1 Å². The van der Waals surface area contributed by atoms with Crippen LogP contribution in [0.1, 0.15) is 34.0 Å². The van der Waals surface area contributed by atoms with Gasteiger partial charge in [-0.3, -0.25) is 9.67 Å². The summed E-state index contributed by atoms with van der Waals surface area (Å²) in [6, 6.07) is 8.19. The lowest BCUT2D eigenvalue weighted by molar-refractivity contribution is 0.506. The normalized spacial score (nSPS) is 11.4. The fraction of sp³-hybridized carbons (Fsp3) is 0.455. The Morgan fingerprint density at radius 2 is 1.93 bits per heavy atom. The Morgan fingerprint density at radius 1 is 1.13 bits per heavy atom. The number of nitrogens with zero attached hydrogens (tertiary/aromatic N) is 3. The minimum absolute atomic E-state index is 0. The Balaban J connectivity index is 0.00000320. The van der Waals surface area contributed by atoms with Crippen molar-refractivity contribution < 1.29 is 4.42 Å². The van der Waals surface area contributed by atoms with Gasteiger partial charge in [0.15, 0.2) is 5.96 Å². The Morgan fingerprint density at radius 3 is 2.57 bits per heavy atom. The lowest BCUT2D eigenvalue weighted by Crippen LogP contribution is -2.39. The lowest BCUT2D eigenvalue weighted by atomic mass is 10.1. The van der Waals surface area contributed by atoms with E-state index in [9.17, 15) is 0 Å². The number of thiophene rings is 1. The van der Waals surface area contributed by atoms with E-state index in [0.29, 0.717) is 0 Å². The molecule has 3 heterocycles. The number of aromatic nitrogens is 2. The number of hydrogen-bond acceptors (Lipinski definition) is 4. The first-order valence-corrected chi connectivity index (χ1v) is 11.1. The number of furan rings is 1. The van der Waals surface area contributed by atoms with Crippen molar-refractivity contribution in [3.05, 3.63) is 63.5 Å². The molecular weight excluding hydrogens is 509 g/mol. The van der Waals surface area contributed by atoms with Crippen LogP contribution in [0.4, 0.5) is 0 Å². The van der Waals surface area contributed by atoms with Crippen molar-refractivity contribution >= 4 is 41.3 Å². The van der Waals surface area contributed by atoms with Gasteiger partial charge in [0, 0.05) is 43.7 Å². The second kappa shape index (κ2) is 12.8. The minimum atomic E-state index is 0. The Kier molecular flexibility index (Phi) is 10.4. The van der Waals surface area contributed by atoms with Crippen molar-refractivity contribution in [1.82, 2.24) is 20.4 Å². The second-order valence-corrected chi connectivity index (χ2v) is 8.15. The molecule has 0 aromatic carbocycles. The molecule has 30 heavy (non-hydrogen) atoms. The predicted molar refractivity (Wildman–Crippen MR) is 135 cm³/mol. The fourth-order valence-corrected chi connectivity index (χ4v) is 4.03. The van der Waals surface area contributed by atoms with Crippen molar-refractivity contribution in [2.45, 2.75) is 39.5 Å². The van der Waals surface area contributed by atoms with Gasteiger partial charge in [0.05, 0.1) is 12.0 Å². The third-order valence-electron chi connectivity index (χ3n) is 5.00. The highest BCUT2D eigenvalue weighted by molar-refractivity contribution is 14.0. The quantitative estimate of drug-likeness (QED) is 0.174. The maximum Gasteiger partial charge on any atom is 0.191 e. The molecule has 0 bridgehead atoms. The molecule has 0 fully saturated rings. The van der Waals surface area contributed by atoms with E-state index in [-0.39, 0.29) is 24.0 Å². The number of aliphatic imine (C=N–C) groups is 1. The maximum absolute atomic E-state index is 5.41. The van der Waals surface area contributed by atoms with Crippen LogP contribution < -0.4 is 10.6 Å². The number of rotatable bonds is 10. The minimum Gasteiger partial charge on any atom is -0.469 e. The monoisotopic (exact) mass is 541 g/mol. The standard InChI is InChI=1S/C22H31N5OS.HI/c1-17-21(18(2)27(3)26-17)9-4-12-23-22(24-13-10-19-7-5-15-28-19)25-14-11-20-8-6-16-29-20;/h5-8,15-16H,4,9-14H2,1-3H3,(H2,23,24,25);1H. The van der Waals surface area contributed by atoms with Gasteiger partial charge in [-0.2, -0.15) is 5.10 Å². The summed E-state index contributed by atoms with van der Waals surface area (Å²) < 4.78 is 7.37. The van der Waals surface area contributed by atoms with Crippen molar-refractivity contribution in [3.8, 4) is 0 Å². The summed E-state index contributed by atoms with van der Waals surface area (Å²) in [5.74, 6) is 1.85. The van der Waals surface area contributed by atoms with Crippen molar-refractivity contribution in [2.75, 3.05) is 19.6 Å². The molecule has 3 aromatic heterocycles. The smallest absolute Gasteiger partial charge is 0.191 e. The summed E-state index contributed by atoms with van der Waals surface area (Å²) in [5.41, 5.74) is 3.72. The topological polar surface area (TPSA) is 67.4 Å². The van der Waals surface area contributed by atoms with Crippen LogP contribution >= 0.6 is 35.3 Å². The zero-order valence-corrected chi connectivity index (χ0v) is 21.1. The first-order valence-electron chi connectivity index (χ1n) is 10.2. The van der Waals surface area contributed by atoms with Crippen LogP contribution in [0.15, 0.2) is 45.3 Å². The van der Waals surface area contributed by atoms with Gasteiger partial charge in [-0.25, -0.2) is 0 Å². The second-order valence-electron chi connectivity index (χ2n) is 7.12. The highest BCUT2D eigenvalue weighted by Crippen LogP contribution is 2.14. The zero-order chi connectivity index (χ0) is 20.5. The molecule has 6 nitrogen and oxygen atoms in total. The summed E-state index contributed by atoms with van der Waals surface area (Å²) in [7, 11) is 2.00. The van der Waals surface area contributed by atoms with E-state index in [1.54, 1.807) is 17.6 Å². The largest absolute Gasteiger partial charge is 0.469 e. The molecule has 0 atom stereocenters. The summed E-state index contributed by atoms with van der Waals surface area (Å²) >= 11 is 1.79. The van der Waals surface area contributed by atoms with Crippen LogP contribution in [-0.2, 0) is 26.3 Å². The third-order valence-corrected chi connectivity index (χ3v) is 5.94. The van der Waals surface area contributed by atoms with E-state index >= 15 is 0 Å². The molecule has 8 heteroatoms. The van der Waals surface area contributed by atoms with Gasteiger partial charge in [-0.15, -0.1) is 35.3 Å². The number of halogens is 1. The van der Waals surface area contributed by atoms with Gasteiger partial charge in [0.2, 0.25) is 0 Å². The molecule has 0 aliphatic heterocycles. The summed E-state index contributed by atoms with van der Waals surface area (Å²) in [6.45, 7) is 6.65. The zero-order valence-electron chi connectivity index (χ0n) is 18.0. The molecule has 0 unspecified atom stereocenters. The van der Waals surface area contributed by atoms with Crippen LogP contribution in [0, 0.1) is 13.8 Å². The van der Waals surface area contributed by atoms with Gasteiger partial charge in [-0.05, 0) is 62.3 Å². The Bertz CT molecular complexity index is 845. The van der Waals surface area contributed by atoms with Gasteiger partial charge in [0.1, 0.15) is 5.76 Å². The summed E-state index contributed by atoms with van der Waals surface area (Å²) in [5, 5.41) is 13.5. The molecule has 0 aliphatic rings. The van der Waals surface area contributed by atoms with Crippen LogP contribution in [0.5, 0.6) is 0 Å². The van der Waals surface area contributed by atoms with Crippen molar-refractivity contribution in [3.63, 3.8) is 0 Å². The van der Waals surface area contributed by atoms with Crippen molar-refractivity contribution in [1.29, 1.82) is 0 Å².